The molecule has 1 aromatic rings. The first-order chi connectivity index (χ1) is 9.40. The van der Waals surface area contributed by atoms with Crippen molar-refractivity contribution in [1.29, 1.82) is 0 Å². The summed E-state index contributed by atoms with van der Waals surface area (Å²) in [6.45, 7) is 10.2. The molecule has 0 aliphatic carbocycles. The fraction of sp³-hybridized carbons (Fsp3) is 0.562. The number of nitrogens with two attached hydrogens (primary N) is 1. The van der Waals surface area contributed by atoms with Crippen LogP contribution in [0.5, 0.6) is 0 Å². The predicted octanol–water partition coefficient (Wildman–Crippen LogP) is 3.37. The maximum Gasteiger partial charge on any atom is 0.144 e. The third-order valence-corrected chi connectivity index (χ3v) is 3.81. The van der Waals surface area contributed by atoms with Gasteiger partial charge in [0, 0.05) is 24.2 Å². The highest BCUT2D eigenvalue weighted by Crippen LogP contribution is 2.23. The lowest BCUT2D eigenvalue weighted by Gasteiger charge is -2.27. The summed E-state index contributed by atoms with van der Waals surface area (Å²) in [6, 6.07) is 8.59. The van der Waals surface area contributed by atoms with E-state index in [1.807, 2.05) is 13.8 Å². The van der Waals surface area contributed by atoms with Crippen molar-refractivity contribution in [2.75, 3.05) is 18.0 Å². The minimum atomic E-state index is -0.262. The van der Waals surface area contributed by atoms with E-state index in [-0.39, 0.29) is 5.41 Å². The molecule has 0 amide bonds. The minimum absolute atomic E-state index is 0.262. The lowest BCUT2D eigenvalue weighted by molar-refractivity contribution is 0.304. The van der Waals surface area contributed by atoms with E-state index in [0.717, 1.165) is 25.9 Å². The second-order valence-corrected chi connectivity index (χ2v) is 5.89. The van der Waals surface area contributed by atoms with E-state index in [4.69, 9.17) is 10.9 Å². The van der Waals surface area contributed by atoms with Crippen molar-refractivity contribution in [3.8, 4) is 0 Å². The van der Waals surface area contributed by atoms with Crippen molar-refractivity contribution in [2.24, 2.45) is 16.3 Å². The monoisotopic (exact) mass is 277 g/mol. The summed E-state index contributed by atoms with van der Waals surface area (Å²) in [5.74, 6) is 0.302. The van der Waals surface area contributed by atoms with Gasteiger partial charge >= 0.3 is 0 Å². The highest BCUT2D eigenvalue weighted by atomic mass is 16.4. The quantitative estimate of drug-likeness (QED) is 0.347. The molecule has 0 fully saturated rings. The van der Waals surface area contributed by atoms with E-state index in [1.165, 1.54) is 11.3 Å². The molecule has 0 aliphatic rings. The van der Waals surface area contributed by atoms with E-state index < -0.39 is 0 Å². The van der Waals surface area contributed by atoms with Crippen LogP contribution in [0.3, 0.4) is 0 Å². The summed E-state index contributed by atoms with van der Waals surface area (Å²) in [7, 11) is 0. The van der Waals surface area contributed by atoms with Crippen molar-refractivity contribution < 1.29 is 5.21 Å². The zero-order valence-electron chi connectivity index (χ0n) is 13.1. The zero-order chi connectivity index (χ0) is 15.2. The van der Waals surface area contributed by atoms with Gasteiger partial charge in [-0.15, -0.1) is 0 Å². The second kappa shape index (κ2) is 7.17. The van der Waals surface area contributed by atoms with E-state index in [0.29, 0.717) is 5.84 Å². The summed E-state index contributed by atoms with van der Waals surface area (Å²) in [4.78, 5) is 2.35. The van der Waals surface area contributed by atoms with Gasteiger partial charge in [0.2, 0.25) is 0 Å². The SMILES string of the molecule is CCN(CCCC(C)(C)C(N)=NO)c1ccc(C)cc1. The van der Waals surface area contributed by atoms with E-state index in [1.54, 1.807) is 0 Å². The summed E-state index contributed by atoms with van der Waals surface area (Å²) < 4.78 is 0. The molecular weight excluding hydrogens is 250 g/mol. The average Bonchev–Trinajstić information content (AvgIpc) is 2.43. The molecule has 0 aliphatic heterocycles. The molecule has 112 valence electrons. The van der Waals surface area contributed by atoms with Gasteiger partial charge in [0.25, 0.3) is 0 Å². The molecule has 0 heterocycles. The van der Waals surface area contributed by atoms with Gasteiger partial charge in [-0.3, -0.25) is 0 Å². The zero-order valence-corrected chi connectivity index (χ0v) is 13.1. The van der Waals surface area contributed by atoms with Crippen molar-refractivity contribution in [3.63, 3.8) is 0 Å². The third kappa shape index (κ3) is 4.44. The standard InChI is InChI=1S/C16H27N3O/c1-5-19(14-9-7-13(2)8-10-14)12-6-11-16(3,4)15(17)18-20/h7-10,20H,5-6,11-12H2,1-4H3,(H2,17,18). The number of amidine groups is 1. The van der Waals surface area contributed by atoms with Gasteiger partial charge < -0.3 is 15.8 Å². The highest BCUT2D eigenvalue weighted by molar-refractivity contribution is 5.85. The molecule has 4 nitrogen and oxygen atoms in total. The Morgan fingerprint density at radius 3 is 2.40 bits per heavy atom. The third-order valence-electron chi connectivity index (χ3n) is 3.81. The molecule has 0 spiro atoms. The molecule has 0 atom stereocenters. The first kappa shape index (κ1) is 16.3. The maximum absolute atomic E-state index is 8.78. The number of nitrogens with zero attached hydrogens (tertiary/aromatic N) is 2. The summed E-state index contributed by atoms with van der Waals surface area (Å²) >= 11 is 0. The summed E-state index contributed by atoms with van der Waals surface area (Å²) in [5.41, 5.74) is 7.98. The molecule has 0 unspecified atom stereocenters. The maximum atomic E-state index is 8.78. The van der Waals surface area contributed by atoms with Gasteiger partial charge in [-0.25, -0.2) is 0 Å². The fourth-order valence-electron chi connectivity index (χ4n) is 2.20. The molecule has 1 aromatic carbocycles. The normalized spacial score (nSPS) is 12.5. The Kier molecular flexibility index (Phi) is 5.86. The molecule has 0 aromatic heterocycles. The summed E-state index contributed by atoms with van der Waals surface area (Å²) in [5, 5.41) is 11.9. The lowest BCUT2D eigenvalue weighted by Crippen LogP contribution is -2.33. The molecule has 0 radical (unpaired) electrons. The van der Waals surface area contributed by atoms with Gasteiger partial charge in [-0.2, -0.15) is 0 Å². The molecule has 4 heteroatoms. The van der Waals surface area contributed by atoms with Gasteiger partial charge in [0.1, 0.15) is 5.84 Å². The summed E-state index contributed by atoms with van der Waals surface area (Å²) in [6.07, 6.45) is 1.90. The van der Waals surface area contributed by atoms with Gasteiger partial charge in [-0.05, 0) is 38.8 Å². The van der Waals surface area contributed by atoms with E-state index >= 15 is 0 Å². The Labute approximate surface area is 122 Å². The number of hydrogen-bond acceptors (Lipinski definition) is 3. The lowest BCUT2D eigenvalue weighted by atomic mass is 9.86. The van der Waals surface area contributed by atoms with Gasteiger partial charge in [0.15, 0.2) is 0 Å². The molecule has 20 heavy (non-hydrogen) atoms. The smallest absolute Gasteiger partial charge is 0.144 e. The topological polar surface area (TPSA) is 61.8 Å². The van der Waals surface area contributed by atoms with Crippen LogP contribution in [0.15, 0.2) is 29.4 Å². The van der Waals surface area contributed by atoms with Crippen molar-refractivity contribution in [2.45, 2.75) is 40.5 Å². The van der Waals surface area contributed by atoms with Crippen molar-refractivity contribution in [3.05, 3.63) is 29.8 Å². The Balaban J connectivity index is 2.56. The highest BCUT2D eigenvalue weighted by Gasteiger charge is 2.23. The predicted molar refractivity (Wildman–Crippen MR) is 85.5 cm³/mol. The van der Waals surface area contributed by atoms with E-state index in [2.05, 4.69) is 48.2 Å². The number of aryl methyl sites for hydroxylation is 1. The Bertz CT molecular complexity index is 438. The molecule has 1 rings (SSSR count). The Morgan fingerprint density at radius 1 is 1.30 bits per heavy atom. The average molecular weight is 277 g/mol. The van der Waals surface area contributed by atoms with Crippen LogP contribution in [0.25, 0.3) is 0 Å². The van der Waals surface area contributed by atoms with Crippen LogP contribution >= 0.6 is 0 Å². The molecule has 3 N–H and O–H groups in total. The Hall–Kier alpha value is -1.71. The van der Waals surface area contributed by atoms with Crippen LogP contribution in [0, 0.1) is 12.3 Å². The molecular formula is C16H27N3O. The number of hydrogen-bond donors (Lipinski definition) is 2. The minimum Gasteiger partial charge on any atom is -0.409 e. The number of rotatable bonds is 7. The molecule has 0 saturated heterocycles. The molecule has 0 bridgehead atoms. The second-order valence-electron chi connectivity index (χ2n) is 5.89. The van der Waals surface area contributed by atoms with Gasteiger partial charge in [-0.1, -0.05) is 36.7 Å². The largest absolute Gasteiger partial charge is 0.409 e. The van der Waals surface area contributed by atoms with E-state index in [9.17, 15) is 0 Å². The molecule has 0 saturated carbocycles. The number of anilines is 1. The first-order valence-electron chi connectivity index (χ1n) is 7.20. The van der Waals surface area contributed by atoms with Crippen LogP contribution < -0.4 is 10.6 Å². The van der Waals surface area contributed by atoms with Crippen LogP contribution in [-0.4, -0.2) is 24.1 Å². The Morgan fingerprint density at radius 2 is 1.90 bits per heavy atom. The van der Waals surface area contributed by atoms with Crippen molar-refractivity contribution >= 4 is 11.5 Å². The van der Waals surface area contributed by atoms with Crippen LogP contribution in [0.2, 0.25) is 0 Å². The number of oxime groups is 1. The van der Waals surface area contributed by atoms with Crippen molar-refractivity contribution in [1.82, 2.24) is 0 Å². The first-order valence-corrected chi connectivity index (χ1v) is 7.20. The van der Waals surface area contributed by atoms with Gasteiger partial charge in [0.05, 0.1) is 0 Å². The van der Waals surface area contributed by atoms with Crippen LogP contribution in [0.1, 0.15) is 39.2 Å². The number of benzene rings is 1. The fourth-order valence-corrected chi connectivity index (χ4v) is 2.20. The van der Waals surface area contributed by atoms with Crippen LogP contribution in [-0.2, 0) is 0 Å². The van der Waals surface area contributed by atoms with Crippen LogP contribution in [0.4, 0.5) is 5.69 Å².